The number of benzene rings is 1. The van der Waals surface area contributed by atoms with E-state index in [0.717, 1.165) is 5.56 Å². The van der Waals surface area contributed by atoms with Crippen molar-refractivity contribution in [2.75, 3.05) is 14.2 Å². The van der Waals surface area contributed by atoms with Crippen LogP contribution in [0.25, 0.3) is 0 Å². The molecule has 0 radical (unpaired) electrons. The lowest BCUT2D eigenvalue weighted by atomic mass is 9.86. The molecule has 2 aliphatic rings. The summed E-state index contributed by atoms with van der Waals surface area (Å²) in [4.78, 5) is 14.5. The predicted octanol–water partition coefficient (Wildman–Crippen LogP) is 4.29. The highest BCUT2D eigenvalue weighted by Gasteiger charge is 2.34. The molecular formula is C21H32N2O3. The van der Waals surface area contributed by atoms with Gasteiger partial charge in [0.1, 0.15) is 0 Å². The number of nitrogens with one attached hydrogen (secondary N) is 1. The fraction of sp³-hybridized carbons (Fsp3) is 0.667. The Kier molecular flexibility index (Phi) is 6.28. The third kappa shape index (κ3) is 4.43. The lowest BCUT2D eigenvalue weighted by Gasteiger charge is -2.32. The Labute approximate surface area is 156 Å². The fourth-order valence-electron chi connectivity index (χ4n) is 4.69. The minimum Gasteiger partial charge on any atom is -0.504 e. The number of rotatable bonds is 6. The van der Waals surface area contributed by atoms with Gasteiger partial charge in [-0.3, -0.25) is 0 Å². The Balaban J connectivity index is 1.61. The molecule has 0 unspecified atom stereocenters. The first-order valence-corrected chi connectivity index (χ1v) is 9.96. The van der Waals surface area contributed by atoms with Crippen LogP contribution in [0.15, 0.2) is 18.2 Å². The molecule has 5 nitrogen and oxygen atoms in total. The molecule has 0 aliphatic heterocycles. The van der Waals surface area contributed by atoms with Gasteiger partial charge in [-0.1, -0.05) is 31.7 Å². The number of urea groups is 1. The van der Waals surface area contributed by atoms with Crippen LogP contribution in [-0.4, -0.2) is 36.2 Å². The summed E-state index contributed by atoms with van der Waals surface area (Å²) in [5.41, 5.74) is 0.888. The number of hydrogen-bond acceptors (Lipinski definition) is 3. The first-order valence-electron chi connectivity index (χ1n) is 9.96. The van der Waals surface area contributed by atoms with E-state index < -0.39 is 0 Å². The fourth-order valence-corrected chi connectivity index (χ4v) is 4.69. The Morgan fingerprint density at radius 1 is 1.19 bits per heavy atom. The molecule has 0 atom stereocenters. The minimum atomic E-state index is -0.0101. The molecule has 0 saturated heterocycles. The molecule has 0 aromatic heterocycles. The van der Waals surface area contributed by atoms with Gasteiger partial charge in [0.25, 0.3) is 0 Å². The molecule has 0 bridgehead atoms. The molecule has 0 spiro atoms. The zero-order chi connectivity index (χ0) is 18.5. The molecule has 144 valence electrons. The predicted molar refractivity (Wildman–Crippen MR) is 102 cm³/mol. The average molecular weight is 360 g/mol. The van der Waals surface area contributed by atoms with E-state index in [9.17, 15) is 9.90 Å². The molecule has 1 aromatic rings. The molecule has 2 amide bonds. The van der Waals surface area contributed by atoms with Crippen molar-refractivity contribution in [2.45, 2.75) is 64.0 Å². The van der Waals surface area contributed by atoms with Crippen molar-refractivity contribution in [1.29, 1.82) is 0 Å². The smallest absolute Gasteiger partial charge is 0.317 e. The van der Waals surface area contributed by atoms with Crippen LogP contribution in [0.3, 0.4) is 0 Å². The van der Waals surface area contributed by atoms with Gasteiger partial charge >= 0.3 is 6.03 Å². The van der Waals surface area contributed by atoms with Crippen LogP contribution < -0.4 is 10.1 Å². The first kappa shape index (κ1) is 18.9. The molecule has 2 fully saturated rings. The van der Waals surface area contributed by atoms with Crippen molar-refractivity contribution < 1.29 is 14.6 Å². The maximum atomic E-state index is 12.8. The molecule has 2 aliphatic carbocycles. The van der Waals surface area contributed by atoms with Crippen LogP contribution in [0.2, 0.25) is 0 Å². The number of carbonyl (C=O) groups excluding carboxylic acids is 1. The number of aromatic hydroxyl groups is 1. The Morgan fingerprint density at radius 3 is 2.27 bits per heavy atom. The van der Waals surface area contributed by atoms with Crippen molar-refractivity contribution >= 4 is 6.03 Å². The van der Waals surface area contributed by atoms with E-state index in [1.54, 1.807) is 17.0 Å². The van der Waals surface area contributed by atoms with Gasteiger partial charge in [0.15, 0.2) is 11.5 Å². The molecule has 2 saturated carbocycles. The number of carbonyl (C=O) groups is 1. The van der Waals surface area contributed by atoms with Gasteiger partial charge in [-0.15, -0.1) is 0 Å². The molecule has 26 heavy (non-hydrogen) atoms. The molecule has 5 heteroatoms. The van der Waals surface area contributed by atoms with Crippen LogP contribution in [0, 0.1) is 11.8 Å². The third-order valence-corrected chi connectivity index (χ3v) is 6.12. The largest absolute Gasteiger partial charge is 0.504 e. The number of hydrogen-bond donors (Lipinski definition) is 2. The summed E-state index contributed by atoms with van der Waals surface area (Å²) >= 11 is 0. The van der Waals surface area contributed by atoms with E-state index in [1.165, 1.54) is 58.5 Å². The van der Waals surface area contributed by atoms with Gasteiger partial charge in [0, 0.05) is 19.6 Å². The van der Waals surface area contributed by atoms with Crippen molar-refractivity contribution in [2.24, 2.45) is 11.8 Å². The van der Waals surface area contributed by atoms with Crippen LogP contribution in [0.5, 0.6) is 11.5 Å². The van der Waals surface area contributed by atoms with E-state index in [1.807, 2.05) is 13.1 Å². The van der Waals surface area contributed by atoms with Gasteiger partial charge < -0.3 is 20.1 Å². The number of amides is 2. The van der Waals surface area contributed by atoms with E-state index in [-0.39, 0.29) is 11.8 Å². The van der Waals surface area contributed by atoms with Gasteiger partial charge in [0.2, 0.25) is 0 Å². The highest BCUT2D eigenvalue weighted by atomic mass is 16.5. The average Bonchev–Trinajstić information content (AvgIpc) is 3.33. The lowest BCUT2D eigenvalue weighted by Crippen LogP contribution is -2.48. The summed E-state index contributed by atoms with van der Waals surface area (Å²) < 4.78 is 5.08. The maximum absolute atomic E-state index is 12.8. The summed E-state index contributed by atoms with van der Waals surface area (Å²) in [5, 5.41) is 13.3. The van der Waals surface area contributed by atoms with E-state index in [4.69, 9.17) is 4.74 Å². The second-order valence-corrected chi connectivity index (χ2v) is 7.93. The normalized spacial score (nSPS) is 18.4. The molecular weight excluding hydrogens is 328 g/mol. The summed E-state index contributed by atoms with van der Waals surface area (Å²) in [5.74, 6) is 1.83. The standard InChI is InChI=1S/C21H32N2O3/c1-23(14-15-11-12-19(26-2)18(24)13-15)21(25)22-20(16-7-3-4-8-16)17-9-5-6-10-17/h11-13,16-17,20,24H,3-10,14H2,1-2H3,(H,22,25). The second kappa shape index (κ2) is 8.65. The Hall–Kier alpha value is -1.91. The number of nitrogens with zero attached hydrogens (tertiary/aromatic N) is 1. The summed E-state index contributed by atoms with van der Waals surface area (Å²) in [7, 11) is 3.34. The Bertz CT molecular complexity index is 591. The van der Waals surface area contributed by atoms with Crippen molar-refractivity contribution in [1.82, 2.24) is 10.2 Å². The molecule has 3 rings (SSSR count). The lowest BCUT2D eigenvalue weighted by molar-refractivity contribution is 0.185. The van der Waals surface area contributed by atoms with Crippen LogP contribution in [0.1, 0.15) is 56.9 Å². The highest BCUT2D eigenvalue weighted by Crippen LogP contribution is 2.37. The van der Waals surface area contributed by atoms with Crippen LogP contribution >= 0.6 is 0 Å². The summed E-state index contributed by atoms with van der Waals surface area (Å²) in [6, 6.07) is 5.58. The van der Waals surface area contributed by atoms with E-state index in [2.05, 4.69) is 5.32 Å². The maximum Gasteiger partial charge on any atom is 0.317 e. The summed E-state index contributed by atoms with van der Waals surface area (Å²) in [6.07, 6.45) is 10.2. The van der Waals surface area contributed by atoms with Crippen molar-refractivity contribution in [3.05, 3.63) is 23.8 Å². The topological polar surface area (TPSA) is 61.8 Å². The molecule has 2 N–H and O–H groups in total. The van der Waals surface area contributed by atoms with Gasteiger partial charge in [-0.2, -0.15) is 0 Å². The molecule has 1 aromatic carbocycles. The van der Waals surface area contributed by atoms with Gasteiger partial charge in [0.05, 0.1) is 7.11 Å². The monoisotopic (exact) mass is 360 g/mol. The highest BCUT2D eigenvalue weighted by molar-refractivity contribution is 5.74. The number of methoxy groups -OCH3 is 1. The number of phenolic OH excluding ortho intramolecular Hbond substituents is 1. The second-order valence-electron chi connectivity index (χ2n) is 7.93. The van der Waals surface area contributed by atoms with E-state index in [0.29, 0.717) is 30.2 Å². The summed E-state index contributed by atoms with van der Waals surface area (Å²) in [6.45, 7) is 0.464. The zero-order valence-corrected chi connectivity index (χ0v) is 16.0. The molecule has 0 heterocycles. The quantitative estimate of drug-likeness (QED) is 0.795. The van der Waals surface area contributed by atoms with E-state index >= 15 is 0 Å². The van der Waals surface area contributed by atoms with Crippen molar-refractivity contribution in [3.8, 4) is 11.5 Å². The Morgan fingerprint density at radius 2 is 1.77 bits per heavy atom. The van der Waals surface area contributed by atoms with Crippen molar-refractivity contribution in [3.63, 3.8) is 0 Å². The number of phenols is 1. The van der Waals surface area contributed by atoms with Gasteiger partial charge in [-0.25, -0.2) is 4.79 Å². The van der Waals surface area contributed by atoms with Crippen LogP contribution in [0.4, 0.5) is 4.79 Å². The zero-order valence-electron chi connectivity index (χ0n) is 16.0. The van der Waals surface area contributed by atoms with Crippen LogP contribution in [-0.2, 0) is 6.54 Å². The third-order valence-electron chi connectivity index (χ3n) is 6.12. The van der Waals surface area contributed by atoms with Gasteiger partial charge in [-0.05, 0) is 55.2 Å². The minimum absolute atomic E-state index is 0.0101. The SMILES string of the molecule is COc1ccc(CN(C)C(=O)NC(C2CCCC2)C2CCCC2)cc1O. The first-order chi connectivity index (χ1) is 12.6. The number of ether oxygens (including phenoxy) is 1.